The maximum atomic E-state index is 16.4. The molecule has 1 aromatic carbocycles. The summed E-state index contributed by atoms with van der Waals surface area (Å²) >= 11 is 0. The maximum absolute atomic E-state index is 16.4. The Morgan fingerprint density at radius 3 is 2.49 bits per heavy atom. The molecule has 3 heterocycles. The molecule has 1 atom stereocenters. The van der Waals surface area contributed by atoms with Crippen LogP contribution in [-0.4, -0.2) is 85.9 Å². The van der Waals surface area contributed by atoms with E-state index in [0.717, 1.165) is 37.6 Å². The van der Waals surface area contributed by atoms with E-state index in [1.165, 1.54) is 11.0 Å². The summed E-state index contributed by atoms with van der Waals surface area (Å²) in [6.45, 7) is 5.27. The highest BCUT2D eigenvalue weighted by Crippen LogP contribution is 2.40. The first-order valence-electron chi connectivity index (χ1n) is 14.4. The number of likely N-dealkylation sites (N-methyl/N-ethyl adjacent to an activating group) is 1. The van der Waals surface area contributed by atoms with Gasteiger partial charge in [-0.25, -0.2) is 13.6 Å². The Bertz CT molecular complexity index is 1380. The molecule has 2 amide bonds. The smallest absolute Gasteiger partial charge is 0.416 e. The van der Waals surface area contributed by atoms with E-state index in [4.69, 9.17) is 4.74 Å². The summed E-state index contributed by atoms with van der Waals surface area (Å²) in [5, 5.41) is 4.94. The minimum atomic E-state index is -4.80. The molecule has 43 heavy (non-hydrogen) atoms. The van der Waals surface area contributed by atoms with Gasteiger partial charge in [0.25, 0.3) is 5.91 Å². The van der Waals surface area contributed by atoms with Crippen LogP contribution in [0.3, 0.4) is 0 Å². The van der Waals surface area contributed by atoms with Crippen molar-refractivity contribution in [3.8, 4) is 0 Å². The fraction of sp³-hybridized carbons (Fsp3) is 0.533. The lowest BCUT2D eigenvalue weighted by molar-refractivity contribution is -0.115. The number of nitrogens with zero attached hydrogens (tertiary/aromatic N) is 3. The first-order chi connectivity index (χ1) is 20.3. The van der Waals surface area contributed by atoms with E-state index in [9.17, 15) is 22.8 Å². The summed E-state index contributed by atoms with van der Waals surface area (Å²) in [5.74, 6) is -3.12. The monoisotopic (exact) mass is 609 g/mol. The molecular weight excluding hydrogens is 573 g/mol. The number of halogens is 5. The fourth-order valence-electron chi connectivity index (χ4n) is 5.80. The average Bonchev–Trinajstić information content (AvgIpc) is 2.95. The molecule has 1 saturated heterocycles. The molecule has 2 fully saturated rings. The van der Waals surface area contributed by atoms with Crippen molar-refractivity contribution in [1.82, 2.24) is 15.1 Å². The van der Waals surface area contributed by atoms with Crippen molar-refractivity contribution in [1.29, 1.82) is 0 Å². The summed E-state index contributed by atoms with van der Waals surface area (Å²) in [4.78, 5) is 31.1. The zero-order valence-electron chi connectivity index (χ0n) is 24.4. The van der Waals surface area contributed by atoms with Crippen LogP contribution in [-0.2, 0) is 9.53 Å². The van der Waals surface area contributed by atoms with Crippen molar-refractivity contribution in [3.63, 3.8) is 0 Å². The molecule has 0 bridgehead atoms. The SMILES string of the molecule is C[C@H]1CN(c2cc(F)c(C3=CCN(C(=O)OC4(C)CCC4)CC3)c(F)c2NC(=O)C2=CNCC=C2C(F)(F)F)CCN1C. The van der Waals surface area contributed by atoms with Crippen LogP contribution in [0.15, 0.2) is 35.6 Å². The molecule has 1 saturated carbocycles. The van der Waals surface area contributed by atoms with E-state index in [0.29, 0.717) is 19.6 Å². The van der Waals surface area contributed by atoms with Crippen LogP contribution in [0.1, 0.15) is 45.1 Å². The molecule has 0 aromatic heterocycles. The van der Waals surface area contributed by atoms with E-state index in [1.807, 2.05) is 20.9 Å². The van der Waals surface area contributed by atoms with Crippen LogP contribution in [0.25, 0.3) is 5.57 Å². The molecule has 0 radical (unpaired) electrons. The van der Waals surface area contributed by atoms with Gasteiger partial charge in [-0.05, 0) is 52.2 Å². The van der Waals surface area contributed by atoms with E-state index in [1.54, 1.807) is 4.90 Å². The summed E-state index contributed by atoms with van der Waals surface area (Å²) < 4.78 is 78.8. The molecule has 0 spiro atoms. The number of amides is 2. The molecule has 4 aliphatic rings. The van der Waals surface area contributed by atoms with Crippen LogP contribution in [0.4, 0.5) is 38.1 Å². The normalized spacial score (nSPS) is 22.5. The number of hydrogen-bond acceptors (Lipinski definition) is 6. The third-order valence-electron chi connectivity index (χ3n) is 8.78. The van der Waals surface area contributed by atoms with Crippen molar-refractivity contribution >= 4 is 28.9 Å². The lowest BCUT2D eigenvalue weighted by atomic mass is 9.82. The second-order valence-corrected chi connectivity index (χ2v) is 11.8. The second-order valence-electron chi connectivity index (χ2n) is 11.8. The van der Waals surface area contributed by atoms with Crippen LogP contribution in [0.2, 0.25) is 0 Å². The van der Waals surface area contributed by atoms with E-state index in [-0.39, 0.29) is 48.9 Å². The van der Waals surface area contributed by atoms with Gasteiger partial charge in [0.1, 0.15) is 17.1 Å². The number of carbonyl (C=O) groups is 2. The van der Waals surface area contributed by atoms with Gasteiger partial charge >= 0.3 is 12.3 Å². The van der Waals surface area contributed by atoms with Gasteiger partial charge in [-0.3, -0.25) is 4.79 Å². The number of ether oxygens (including phenoxy) is 1. The van der Waals surface area contributed by atoms with Gasteiger partial charge in [-0.15, -0.1) is 0 Å². The minimum absolute atomic E-state index is 0.0158. The second kappa shape index (κ2) is 11.8. The number of nitrogens with one attached hydrogen (secondary N) is 2. The predicted molar refractivity (Wildman–Crippen MR) is 152 cm³/mol. The molecule has 1 aromatic rings. The number of piperazine rings is 1. The molecule has 5 rings (SSSR count). The zero-order chi connectivity index (χ0) is 31.1. The summed E-state index contributed by atoms with van der Waals surface area (Å²) in [6, 6.07) is 1.14. The summed E-state index contributed by atoms with van der Waals surface area (Å²) in [5.41, 5.74) is -2.78. The number of benzene rings is 1. The molecule has 8 nitrogen and oxygen atoms in total. The largest absolute Gasteiger partial charge is 0.443 e. The Kier molecular flexibility index (Phi) is 8.47. The average molecular weight is 610 g/mol. The number of hydrogen-bond donors (Lipinski definition) is 2. The van der Waals surface area contributed by atoms with Gasteiger partial charge in [-0.1, -0.05) is 12.2 Å². The van der Waals surface area contributed by atoms with E-state index in [2.05, 4.69) is 15.5 Å². The van der Waals surface area contributed by atoms with Crippen molar-refractivity contribution in [2.45, 2.75) is 57.3 Å². The Morgan fingerprint density at radius 2 is 1.88 bits per heavy atom. The molecule has 1 aliphatic carbocycles. The minimum Gasteiger partial charge on any atom is -0.443 e. The third kappa shape index (κ3) is 6.36. The zero-order valence-corrected chi connectivity index (χ0v) is 24.4. The molecule has 0 unspecified atom stereocenters. The van der Waals surface area contributed by atoms with Crippen molar-refractivity contribution in [3.05, 3.63) is 52.8 Å². The number of rotatable bonds is 5. The molecule has 234 valence electrons. The van der Waals surface area contributed by atoms with Gasteiger partial charge in [0.2, 0.25) is 0 Å². The van der Waals surface area contributed by atoms with E-state index < -0.39 is 52.2 Å². The highest BCUT2D eigenvalue weighted by atomic mass is 19.4. The molecule has 2 N–H and O–H groups in total. The van der Waals surface area contributed by atoms with Gasteiger partial charge in [0, 0.05) is 57.6 Å². The van der Waals surface area contributed by atoms with Crippen LogP contribution >= 0.6 is 0 Å². The van der Waals surface area contributed by atoms with Crippen molar-refractivity contribution < 1.29 is 36.3 Å². The number of dihydropyridines is 1. The van der Waals surface area contributed by atoms with Crippen molar-refractivity contribution in [2.24, 2.45) is 0 Å². The Morgan fingerprint density at radius 1 is 1.14 bits per heavy atom. The van der Waals surface area contributed by atoms with Gasteiger partial charge in [0.15, 0.2) is 5.82 Å². The van der Waals surface area contributed by atoms with E-state index >= 15 is 8.78 Å². The van der Waals surface area contributed by atoms with Gasteiger partial charge in [0.05, 0.1) is 22.4 Å². The Labute approximate surface area is 247 Å². The highest BCUT2D eigenvalue weighted by Gasteiger charge is 2.40. The Balaban J connectivity index is 1.47. The maximum Gasteiger partial charge on any atom is 0.416 e. The van der Waals surface area contributed by atoms with Gasteiger partial charge in [-0.2, -0.15) is 13.2 Å². The molecule has 3 aliphatic heterocycles. The summed E-state index contributed by atoms with van der Waals surface area (Å²) in [6.07, 6.45) is 0.700. The Hall–Kier alpha value is -3.61. The predicted octanol–water partition coefficient (Wildman–Crippen LogP) is 5.19. The third-order valence-corrected chi connectivity index (χ3v) is 8.78. The van der Waals surface area contributed by atoms with Gasteiger partial charge < -0.3 is 30.1 Å². The number of carbonyl (C=O) groups excluding carboxylic acids is 2. The first-order valence-corrected chi connectivity index (χ1v) is 14.4. The first kappa shape index (κ1) is 30.8. The lowest BCUT2D eigenvalue weighted by Crippen LogP contribution is -2.50. The standard InChI is InChI=1S/C30H36F5N5O3/c1-18-17-40(14-13-38(18)3)23-15-22(31)24(19-6-11-39(12-7-19)28(42)43-29(2)8-4-9-29)25(32)26(23)37-27(41)20-16-36-10-5-21(20)30(33,34)35/h5-6,15-16,18,36H,4,7-14,17H2,1-3H3,(H,37,41)/t18-/m0/s1. The quantitative estimate of drug-likeness (QED) is 0.448. The fourth-order valence-corrected chi connectivity index (χ4v) is 5.80. The molecular formula is C30H36F5N5O3. The van der Waals surface area contributed by atoms with Crippen LogP contribution in [0, 0.1) is 11.6 Å². The highest BCUT2D eigenvalue weighted by molar-refractivity contribution is 6.09. The number of anilines is 2. The van der Waals surface area contributed by atoms with Crippen LogP contribution in [0.5, 0.6) is 0 Å². The van der Waals surface area contributed by atoms with Crippen molar-refractivity contribution in [2.75, 3.05) is 56.5 Å². The lowest BCUT2D eigenvalue weighted by Gasteiger charge is -2.40. The topological polar surface area (TPSA) is 77.1 Å². The number of alkyl halides is 3. The van der Waals surface area contributed by atoms with Crippen LogP contribution < -0.4 is 15.5 Å². The summed E-state index contributed by atoms with van der Waals surface area (Å²) in [7, 11) is 1.92. The molecule has 13 heteroatoms.